The third kappa shape index (κ3) is 3.10. The van der Waals surface area contributed by atoms with Gasteiger partial charge in [-0.05, 0) is 25.4 Å². The summed E-state index contributed by atoms with van der Waals surface area (Å²) >= 11 is 0. The van der Waals surface area contributed by atoms with E-state index in [0.717, 1.165) is 13.1 Å². The van der Waals surface area contributed by atoms with Gasteiger partial charge in [0, 0.05) is 12.0 Å². The number of terminal acetylenes is 1. The van der Waals surface area contributed by atoms with Crippen molar-refractivity contribution in [3.8, 4) is 12.3 Å². The number of sulfone groups is 1. The normalized spacial score (nSPS) is 27.3. The van der Waals surface area contributed by atoms with Crippen molar-refractivity contribution in [3.63, 3.8) is 0 Å². The molecule has 6 heteroatoms. The Kier molecular flexibility index (Phi) is 4.16. The predicted molar refractivity (Wildman–Crippen MR) is 73.1 cm³/mol. The van der Waals surface area contributed by atoms with E-state index < -0.39 is 9.84 Å². The number of nitrogens with one attached hydrogen (secondary N) is 1. The van der Waals surface area contributed by atoms with Crippen molar-refractivity contribution in [2.45, 2.75) is 19.4 Å². The molecular weight excluding hydrogens is 264 g/mol. The first-order valence-corrected chi connectivity index (χ1v) is 8.42. The first kappa shape index (κ1) is 14.4. The maximum absolute atomic E-state index is 12.5. The van der Waals surface area contributed by atoms with Gasteiger partial charge in [0.25, 0.3) is 0 Å². The summed E-state index contributed by atoms with van der Waals surface area (Å²) < 4.78 is 23.1. The molecule has 19 heavy (non-hydrogen) atoms. The molecule has 2 aliphatic rings. The van der Waals surface area contributed by atoms with Gasteiger partial charge in [-0.3, -0.25) is 4.79 Å². The van der Waals surface area contributed by atoms with Crippen molar-refractivity contribution < 1.29 is 13.2 Å². The fraction of sp³-hybridized carbons (Fsp3) is 0.769. The second kappa shape index (κ2) is 5.51. The van der Waals surface area contributed by atoms with Gasteiger partial charge < -0.3 is 10.2 Å². The summed E-state index contributed by atoms with van der Waals surface area (Å²) in [6, 6.07) is -0.246. The minimum atomic E-state index is -3.00. The number of rotatable bonds is 4. The zero-order valence-corrected chi connectivity index (χ0v) is 11.9. The maximum Gasteiger partial charge on any atom is 0.226 e. The number of carbonyl (C=O) groups is 1. The molecule has 2 rings (SSSR count). The van der Waals surface area contributed by atoms with Crippen LogP contribution in [0.2, 0.25) is 0 Å². The lowest BCUT2D eigenvalue weighted by molar-refractivity contribution is -0.138. The van der Waals surface area contributed by atoms with Gasteiger partial charge in [-0.15, -0.1) is 6.42 Å². The summed E-state index contributed by atoms with van der Waals surface area (Å²) in [7, 11) is -3.00. The molecular formula is C13H20N2O3S. The molecule has 0 bridgehead atoms. The number of hydrogen-bond acceptors (Lipinski definition) is 4. The summed E-state index contributed by atoms with van der Waals surface area (Å²) in [6.07, 6.45) is 5.82. The average Bonchev–Trinajstić information content (AvgIpc) is 2.63. The summed E-state index contributed by atoms with van der Waals surface area (Å²) in [5, 5.41) is 3.14. The van der Waals surface area contributed by atoms with Gasteiger partial charge >= 0.3 is 0 Å². The van der Waals surface area contributed by atoms with Crippen LogP contribution in [-0.2, 0) is 14.6 Å². The number of amides is 1. The molecule has 2 unspecified atom stereocenters. The standard InChI is InChI=1S/C13H20N2O3S/c1-3-5-15(12-4-6-19(17,18)9-12)13(16)10(2)11-7-14-8-11/h1,10-12,14H,4-9H2,2H3. The van der Waals surface area contributed by atoms with Gasteiger partial charge in [0.15, 0.2) is 9.84 Å². The van der Waals surface area contributed by atoms with Crippen LogP contribution < -0.4 is 5.32 Å². The Balaban J connectivity index is 2.07. The molecule has 2 fully saturated rings. The monoisotopic (exact) mass is 284 g/mol. The minimum Gasteiger partial charge on any atom is -0.327 e. The van der Waals surface area contributed by atoms with Gasteiger partial charge in [-0.2, -0.15) is 0 Å². The van der Waals surface area contributed by atoms with E-state index in [1.54, 1.807) is 4.90 Å². The summed E-state index contributed by atoms with van der Waals surface area (Å²) in [4.78, 5) is 14.1. The quantitative estimate of drug-likeness (QED) is 0.706. The SMILES string of the molecule is C#CCN(C(=O)C(C)C1CNC1)C1CCS(=O)(=O)C1. The van der Waals surface area contributed by atoms with Crippen LogP contribution in [0.25, 0.3) is 0 Å². The lowest BCUT2D eigenvalue weighted by Gasteiger charge is -2.36. The average molecular weight is 284 g/mol. The lowest BCUT2D eigenvalue weighted by Crippen LogP contribution is -2.52. The van der Waals surface area contributed by atoms with E-state index >= 15 is 0 Å². The molecule has 2 aliphatic heterocycles. The van der Waals surface area contributed by atoms with E-state index in [1.165, 1.54) is 0 Å². The Bertz CT molecular complexity index is 491. The second-order valence-corrected chi connectivity index (χ2v) is 7.66. The molecule has 0 radical (unpaired) electrons. The molecule has 106 valence electrons. The number of hydrogen-bond donors (Lipinski definition) is 1. The zero-order valence-electron chi connectivity index (χ0n) is 11.1. The molecule has 2 heterocycles. The highest BCUT2D eigenvalue weighted by Crippen LogP contribution is 2.23. The fourth-order valence-electron chi connectivity index (χ4n) is 2.63. The molecule has 2 atom stereocenters. The highest BCUT2D eigenvalue weighted by molar-refractivity contribution is 7.91. The van der Waals surface area contributed by atoms with Gasteiger partial charge in [-0.1, -0.05) is 12.8 Å². The Morgan fingerprint density at radius 2 is 2.21 bits per heavy atom. The van der Waals surface area contributed by atoms with Gasteiger partial charge in [-0.25, -0.2) is 8.42 Å². The van der Waals surface area contributed by atoms with Crippen molar-refractivity contribution in [1.82, 2.24) is 10.2 Å². The third-order valence-electron chi connectivity index (χ3n) is 4.10. The Hall–Kier alpha value is -1.06. The van der Waals surface area contributed by atoms with Crippen LogP contribution in [0, 0.1) is 24.2 Å². The molecule has 0 aromatic rings. The van der Waals surface area contributed by atoms with Gasteiger partial charge in [0.2, 0.25) is 5.91 Å². The van der Waals surface area contributed by atoms with E-state index in [-0.39, 0.29) is 35.9 Å². The van der Waals surface area contributed by atoms with Crippen LogP contribution in [0.4, 0.5) is 0 Å². The summed E-state index contributed by atoms with van der Waals surface area (Å²) in [5.41, 5.74) is 0. The van der Waals surface area contributed by atoms with Crippen molar-refractivity contribution in [2.75, 3.05) is 31.1 Å². The van der Waals surface area contributed by atoms with Crippen LogP contribution in [0.1, 0.15) is 13.3 Å². The van der Waals surface area contributed by atoms with E-state index in [0.29, 0.717) is 12.3 Å². The summed E-state index contributed by atoms with van der Waals surface area (Å²) in [6.45, 7) is 3.80. The van der Waals surface area contributed by atoms with Crippen LogP contribution in [0.3, 0.4) is 0 Å². The molecule has 1 amide bonds. The van der Waals surface area contributed by atoms with E-state index in [1.807, 2.05) is 6.92 Å². The molecule has 0 aliphatic carbocycles. The largest absolute Gasteiger partial charge is 0.327 e. The van der Waals surface area contributed by atoms with Crippen LogP contribution in [-0.4, -0.2) is 56.4 Å². The zero-order chi connectivity index (χ0) is 14.0. The van der Waals surface area contributed by atoms with Crippen LogP contribution >= 0.6 is 0 Å². The smallest absolute Gasteiger partial charge is 0.226 e. The van der Waals surface area contributed by atoms with E-state index in [4.69, 9.17) is 6.42 Å². The number of nitrogens with zero attached hydrogens (tertiary/aromatic N) is 1. The van der Waals surface area contributed by atoms with Gasteiger partial charge in [0.05, 0.1) is 18.1 Å². The molecule has 1 N–H and O–H groups in total. The molecule has 0 aromatic carbocycles. The Morgan fingerprint density at radius 1 is 1.53 bits per heavy atom. The molecule has 5 nitrogen and oxygen atoms in total. The minimum absolute atomic E-state index is 0.00782. The molecule has 0 aromatic heterocycles. The highest BCUT2D eigenvalue weighted by atomic mass is 32.2. The highest BCUT2D eigenvalue weighted by Gasteiger charge is 2.38. The van der Waals surface area contributed by atoms with E-state index in [2.05, 4.69) is 11.2 Å². The van der Waals surface area contributed by atoms with Crippen molar-refractivity contribution in [3.05, 3.63) is 0 Å². The topological polar surface area (TPSA) is 66.5 Å². The van der Waals surface area contributed by atoms with Crippen molar-refractivity contribution in [1.29, 1.82) is 0 Å². The van der Waals surface area contributed by atoms with E-state index in [9.17, 15) is 13.2 Å². The van der Waals surface area contributed by atoms with Crippen molar-refractivity contribution in [2.24, 2.45) is 11.8 Å². The maximum atomic E-state index is 12.5. The molecule has 0 saturated carbocycles. The number of carbonyl (C=O) groups excluding carboxylic acids is 1. The first-order valence-electron chi connectivity index (χ1n) is 6.59. The Morgan fingerprint density at radius 3 is 2.63 bits per heavy atom. The fourth-order valence-corrected chi connectivity index (χ4v) is 4.36. The first-order chi connectivity index (χ1) is 8.94. The van der Waals surface area contributed by atoms with Crippen LogP contribution in [0.15, 0.2) is 0 Å². The second-order valence-electron chi connectivity index (χ2n) is 5.43. The van der Waals surface area contributed by atoms with Crippen LogP contribution in [0.5, 0.6) is 0 Å². The predicted octanol–water partition coefficient (Wildman–Crippen LogP) is -0.509. The van der Waals surface area contributed by atoms with Crippen molar-refractivity contribution >= 4 is 15.7 Å². The third-order valence-corrected chi connectivity index (χ3v) is 5.85. The van der Waals surface area contributed by atoms with Gasteiger partial charge in [0.1, 0.15) is 0 Å². The lowest BCUT2D eigenvalue weighted by atomic mass is 9.87. The molecule has 0 spiro atoms. The Labute approximate surface area is 114 Å². The molecule has 2 saturated heterocycles. The summed E-state index contributed by atoms with van der Waals surface area (Å²) in [5.74, 6) is 2.92.